The third-order valence-corrected chi connectivity index (χ3v) is 5.96. The van der Waals surface area contributed by atoms with E-state index >= 15 is 0 Å². The molecule has 1 saturated heterocycles. The number of carbonyl (C=O) groups is 2. The molecule has 0 radical (unpaired) electrons. The van der Waals surface area contributed by atoms with Gasteiger partial charge in [-0.1, -0.05) is 25.0 Å². The predicted molar refractivity (Wildman–Crippen MR) is 91.1 cm³/mol. The number of hydrogen-bond donors (Lipinski definition) is 0. The van der Waals surface area contributed by atoms with E-state index in [4.69, 9.17) is 4.74 Å². The highest BCUT2D eigenvalue weighted by molar-refractivity contribution is 6.00. The number of hydrogen-bond acceptors (Lipinski definition) is 3. The largest absolute Gasteiger partial charge is 0.486 e. The number of carbonyl (C=O) groups excluding carboxylic acids is 2. The van der Waals surface area contributed by atoms with Crippen LogP contribution in [0.3, 0.4) is 0 Å². The lowest BCUT2D eigenvalue weighted by Crippen LogP contribution is -2.52. The molecule has 24 heavy (non-hydrogen) atoms. The number of likely N-dealkylation sites (tertiary alicyclic amines) is 1. The van der Waals surface area contributed by atoms with Gasteiger partial charge in [-0.25, -0.2) is 0 Å². The van der Waals surface area contributed by atoms with Crippen LogP contribution >= 0.6 is 0 Å². The summed E-state index contributed by atoms with van der Waals surface area (Å²) >= 11 is 0. The molecule has 1 aromatic rings. The summed E-state index contributed by atoms with van der Waals surface area (Å²) in [5, 5.41) is 0. The fraction of sp³-hybridized carbons (Fsp3) is 0.600. The van der Waals surface area contributed by atoms with Gasteiger partial charge in [0, 0.05) is 32.4 Å². The van der Waals surface area contributed by atoms with Crippen molar-refractivity contribution in [2.24, 2.45) is 5.92 Å². The molecule has 4 rings (SSSR count). The lowest BCUT2D eigenvalue weighted by atomic mass is 9.82. The molecule has 0 bridgehead atoms. The van der Waals surface area contributed by atoms with Crippen molar-refractivity contribution in [2.45, 2.75) is 57.0 Å². The first-order chi connectivity index (χ1) is 11.7. The van der Waals surface area contributed by atoms with Gasteiger partial charge in [0.1, 0.15) is 11.4 Å². The Morgan fingerprint density at radius 3 is 2.62 bits per heavy atom. The first kappa shape index (κ1) is 15.7. The summed E-state index contributed by atoms with van der Waals surface area (Å²) in [6.45, 7) is 1.42. The molecule has 2 aliphatic heterocycles. The molecular weight excluding hydrogens is 302 g/mol. The normalized spacial score (nSPS) is 23.2. The summed E-state index contributed by atoms with van der Waals surface area (Å²) in [6.07, 6.45) is 7.61. The Balaban J connectivity index is 1.39. The van der Waals surface area contributed by atoms with E-state index in [0.717, 1.165) is 12.8 Å². The van der Waals surface area contributed by atoms with Crippen LogP contribution in [-0.4, -0.2) is 35.3 Å². The number of amides is 1. The smallest absolute Gasteiger partial charge is 0.222 e. The minimum absolute atomic E-state index is 0.169. The molecule has 0 aromatic heterocycles. The summed E-state index contributed by atoms with van der Waals surface area (Å²) in [7, 11) is 0. The highest BCUT2D eigenvalue weighted by Gasteiger charge is 2.43. The van der Waals surface area contributed by atoms with E-state index in [1.165, 1.54) is 25.7 Å². The van der Waals surface area contributed by atoms with E-state index in [1.54, 1.807) is 0 Å². The second-order valence-corrected chi connectivity index (χ2v) is 7.62. The molecule has 1 amide bonds. The van der Waals surface area contributed by atoms with Crippen LogP contribution in [0, 0.1) is 5.92 Å². The van der Waals surface area contributed by atoms with Gasteiger partial charge in [-0.3, -0.25) is 9.59 Å². The molecule has 3 aliphatic rings. The van der Waals surface area contributed by atoms with E-state index in [9.17, 15) is 9.59 Å². The number of ether oxygens (including phenoxy) is 1. The molecule has 1 aromatic carbocycles. The lowest BCUT2D eigenvalue weighted by Gasteiger charge is -2.44. The van der Waals surface area contributed by atoms with Gasteiger partial charge in [-0.2, -0.15) is 0 Å². The maximum Gasteiger partial charge on any atom is 0.222 e. The minimum atomic E-state index is -0.407. The Labute approximate surface area is 143 Å². The molecule has 4 nitrogen and oxygen atoms in total. The average molecular weight is 327 g/mol. The summed E-state index contributed by atoms with van der Waals surface area (Å²) < 4.78 is 6.23. The predicted octanol–water partition coefficient (Wildman–Crippen LogP) is 3.59. The minimum Gasteiger partial charge on any atom is -0.486 e. The quantitative estimate of drug-likeness (QED) is 0.834. The van der Waals surface area contributed by atoms with Gasteiger partial charge in [0.15, 0.2) is 5.78 Å². The highest BCUT2D eigenvalue weighted by Crippen LogP contribution is 2.39. The molecule has 4 heteroatoms. The summed E-state index contributed by atoms with van der Waals surface area (Å²) in [6, 6.07) is 7.50. The lowest BCUT2D eigenvalue weighted by molar-refractivity contribution is -0.135. The van der Waals surface area contributed by atoms with Gasteiger partial charge in [0.25, 0.3) is 0 Å². The maximum absolute atomic E-state index is 12.5. The molecule has 1 saturated carbocycles. The zero-order chi connectivity index (χ0) is 16.6. The number of benzene rings is 1. The molecule has 2 fully saturated rings. The van der Waals surface area contributed by atoms with Gasteiger partial charge >= 0.3 is 0 Å². The Hall–Kier alpha value is -1.84. The zero-order valence-corrected chi connectivity index (χ0v) is 14.1. The standard InChI is InChI=1S/C20H25NO3/c22-17-14-20(24-18-8-4-3-7-16(17)18)9-11-21(12-10-20)19(23)13-15-5-1-2-6-15/h3-4,7-8,15H,1-2,5-6,9-14H2. The Kier molecular flexibility index (Phi) is 4.07. The van der Waals surface area contributed by atoms with Crippen molar-refractivity contribution in [1.82, 2.24) is 4.90 Å². The van der Waals surface area contributed by atoms with Gasteiger partial charge in [-0.15, -0.1) is 0 Å². The monoisotopic (exact) mass is 327 g/mol. The van der Waals surface area contributed by atoms with Crippen LogP contribution in [0.2, 0.25) is 0 Å². The van der Waals surface area contributed by atoms with E-state index in [2.05, 4.69) is 0 Å². The van der Waals surface area contributed by atoms with Gasteiger partial charge in [-0.05, 0) is 30.9 Å². The molecule has 0 atom stereocenters. The second kappa shape index (κ2) is 6.23. The number of fused-ring (bicyclic) bond motifs is 1. The van der Waals surface area contributed by atoms with E-state index in [-0.39, 0.29) is 5.78 Å². The number of piperidine rings is 1. The van der Waals surface area contributed by atoms with Crippen molar-refractivity contribution in [3.63, 3.8) is 0 Å². The Bertz CT molecular complexity index is 640. The van der Waals surface area contributed by atoms with Gasteiger partial charge < -0.3 is 9.64 Å². The third kappa shape index (κ3) is 2.94. The van der Waals surface area contributed by atoms with Crippen molar-refractivity contribution in [3.05, 3.63) is 29.8 Å². The molecular formula is C20H25NO3. The van der Waals surface area contributed by atoms with Crippen LogP contribution in [0.15, 0.2) is 24.3 Å². The van der Waals surface area contributed by atoms with Crippen molar-refractivity contribution in [2.75, 3.05) is 13.1 Å². The third-order valence-electron chi connectivity index (χ3n) is 5.96. The van der Waals surface area contributed by atoms with Crippen LogP contribution in [0.25, 0.3) is 0 Å². The summed E-state index contributed by atoms with van der Waals surface area (Å²) in [5.41, 5.74) is 0.290. The molecule has 1 spiro atoms. The Morgan fingerprint density at radius 1 is 1.17 bits per heavy atom. The van der Waals surface area contributed by atoms with Crippen LogP contribution in [0.5, 0.6) is 5.75 Å². The van der Waals surface area contributed by atoms with E-state index in [0.29, 0.717) is 49.1 Å². The fourth-order valence-electron chi connectivity index (χ4n) is 4.48. The van der Waals surface area contributed by atoms with Crippen LogP contribution in [-0.2, 0) is 4.79 Å². The second-order valence-electron chi connectivity index (χ2n) is 7.62. The van der Waals surface area contributed by atoms with Crippen LogP contribution < -0.4 is 4.74 Å². The summed E-state index contributed by atoms with van der Waals surface area (Å²) in [4.78, 5) is 26.9. The fourth-order valence-corrected chi connectivity index (χ4v) is 4.48. The average Bonchev–Trinajstić information content (AvgIpc) is 3.08. The van der Waals surface area contributed by atoms with Crippen LogP contribution in [0.4, 0.5) is 0 Å². The van der Waals surface area contributed by atoms with Crippen molar-refractivity contribution >= 4 is 11.7 Å². The first-order valence-electron chi connectivity index (χ1n) is 9.24. The molecule has 0 unspecified atom stereocenters. The first-order valence-corrected chi connectivity index (χ1v) is 9.24. The van der Waals surface area contributed by atoms with E-state index < -0.39 is 5.60 Å². The van der Waals surface area contributed by atoms with Crippen molar-refractivity contribution < 1.29 is 14.3 Å². The molecule has 1 aliphatic carbocycles. The number of nitrogens with zero attached hydrogens (tertiary/aromatic N) is 1. The van der Waals surface area contributed by atoms with Crippen molar-refractivity contribution in [1.29, 1.82) is 0 Å². The summed E-state index contributed by atoms with van der Waals surface area (Å²) in [5.74, 6) is 1.76. The van der Waals surface area contributed by atoms with Gasteiger partial charge in [0.2, 0.25) is 5.91 Å². The van der Waals surface area contributed by atoms with E-state index in [1.807, 2.05) is 29.2 Å². The number of Topliss-reactive ketones (excluding diaryl/α,β-unsaturated/α-hetero) is 1. The number of rotatable bonds is 2. The zero-order valence-electron chi connectivity index (χ0n) is 14.1. The van der Waals surface area contributed by atoms with Crippen LogP contribution in [0.1, 0.15) is 61.7 Å². The molecule has 128 valence electrons. The maximum atomic E-state index is 12.5. The number of ketones is 1. The highest BCUT2D eigenvalue weighted by atomic mass is 16.5. The Morgan fingerprint density at radius 2 is 1.88 bits per heavy atom. The topological polar surface area (TPSA) is 46.6 Å². The molecule has 0 N–H and O–H groups in total. The molecule has 2 heterocycles. The van der Waals surface area contributed by atoms with Crippen molar-refractivity contribution in [3.8, 4) is 5.75 Å². The SMILES string of the molecule is O=C1CC2(CCN(C(=O)CC3CCCC3)CC2)Oc2ccccc21. The van der Waals surface area contributed by atoms with Gasteiger partial charge in [0.05, 0.1) is 12.0 Å². The number of para-hydroxylation sites is 1.